The number of hydrogen-bond acceptors (Lipinski definition) is 8. The van der Waals surface area contributed by atoms with Crippen molar-refractivity contribution >= 4 is 35.0 Å². The van der Waals surface area contributed by atoms with Gasteiger partial charge in [-0.2, -0.15) is 0 Å². The van der Waals surface area contributed by atoms with Crippen molar-refractivity contribution in [3.05, 3.63) is 96.2 Å². The average Bonchev–Trinajstić information content (AvgIpc) is 3.19. The van der Waals surface area contributed by atoms with Gasteiger partial charge in [0, 0.05) is 10.6 Å². The lowest BCUT2D eigenvalue weighted by Crippen LogP contribution is -2.40. The SMILES string of the molecule is C=CCOc1ccc([C@@H]2C(C(=O)OCC)=C(C)N=c3s/c(=C\c4cc(Cl)ccc4O)c(=O)n32)cc1OCC. The molecule has 3 aromatic rings. The molecule has 0 radical (unpaired) electrons. The number of hydrogen-bond donors (Lipinski definition) is 1. The zero-order valence-corrected chi connectivity index (χ0v) is 22.8. The minimum atomic E-state index is -0.826. The third-order valence-corrected chi connectivity index (χ3v) is 6.95. The van der Waals surface area contributed by atoms with E-state index in [0.29, 0.717) is 55.9 Å². The third-order valence-electron chi connectivity index (χ3n) is 5.73. The Morgan fingerprint density at radius 2 is 1.97 bits per heavy atom. The van der Waals surface area contributed by atoms with Crippen molar-refractivity contribution in [1.82, 2.24) is 4.57 Å². The van der Waals surface area contributed by atoms with E-state index in [9.17, 15) is 14.7 Å². The summed E-state index contributed by atoms with van der Waals surface area (Å²) in [5, 5.41) is 10.7. The van der Waals surface area contributed by atoms with Crippen molar-refractivity contribution < 1.29 is 24.1 Å². The molecule has 1 aliphatic rings. The van der Waals surface area contributed by atoms with Crippen LogP contribution in [0.1, 0.15) is 37.9 Å². The number of aromatic nitrogens is 1. The van der Waals surface area contributed by atoms with Crippen LogP contribution in [0.15, 0.2) is 70.1 Å². The molecular weight excluding hydrogens is 528 g/mol. The number of benzene rings is 2. The van der Waals surface area contributed by atoms with Crippen LogP contribution in [0.3, 0.4) is 0 Å². The molecule has 1 N–H and O–H groups in total. The van der Waals surface area contributed by atoms with Gasteiger partial charge < -0.3 is 19.3 Å². The van der Waals surface area contributed by atoms with Gasteiger partial charge in [-0.25, -0.2) is 9.79 Å². The minimum Gasteiger partial charge on any atom is -0.507 e. The van der Waals surface area contributed by atoms with E-state index in [1.165, 1.54) is 10.6 Å². The molecule has 10 heteroatoms. The second kappa shape index (κ2) is 11.7. The molecule has 0 saturated carbocycles. The highest BCUT2D eigenvalue weighted by Gasteiger charge is 2.34. The number of aromatic hydroxyl groups is 1. The van der Waals surface area contributed by atoms with Gasteiger partial charge in [-0.05, 0) is 62.7 Å². The molecule has 1 aromatic heterocycles. The Morgan fingerprint density at radius 3 is 2.68 bits per heavy atom. The van der Waals surface area contributed by atoms with E-state index in [0.717, 1.165) is 11.3 Å². The smallest absolute Gasteiger partial charge is 0.338 e. The highest BCUT2D eigenvalue weighted by Crippen LogP contribution is 2.36. The number of halogens is 1. The number of phenols is 1. The van der Waals surface area contributed by atoms with Crippen LogP contribution in [0.2, 0.25) is 5.02 Å². The molecule has 0 unspecified atom stereocenters. The Balaban J connectivity index is 1.96. The lowest BCUT2D eigenvalue weighted by atomic mass is 9.95. The molecule has 2 aromatic carbocycles. The summed E-state index contributed by atoms with van der Waals surface area (Å²) in [7, 11) is 0. The van der Waals surface area contributed by atoms with E-state index in [1.54, 1.807) is 56.3 Å². The predicted octanol–water partition coefficient (Wildman–Crippen LogP) is 4.12. The monoisotopic (exact) mass is 554 g/mol. The van der Waals surface area contributed by atoms with Crippen molar-refractivity contribution in [3.63, 3.8) is 0 Å². The minimum absolute atomic E-state index is 0.0170. The number of ether oxygens (including phenoxy) is 3. The largest absolute Gasteiger partial charge is 0.507 e. The van der Waals surface area contributed by atoms with Gasteiger partial charge in [0.2, 0.25) is 0 Å². The van der Waals surface area contributed by atoms with Crippen LogP contribution >= 0.6 is 22.9 Å². The summed E-state index contributed by atoms with van der Waals surface area (Å²) < 4.78 is 18.7. The van der Waals surface area contributed by atoms with Gasteiger partial charge in [-0.1, -0.05) is 41.7 Å². The van der Waals surface area contributed by atoms with E-state index < -0.39 is 12.0 Å². The molecule has 1 aliphatic heterocycles. The van der Waals surface area contributed by atoms with Crippen LogP contribution in [0.25, 0.3) is 6.08 Å². The van der Waals surface area contributed by atoms with Gasteiger partial charge in [0.1, 0.15) is 12.4 Å². The molecule has 0 aliphatic carbocycles. The maximum Gasteiger partial charge on any atom is 0.338 e. The first-order chi connectivity index (χ1) is 18.3. The number of thiazole rings is 1. The normalized spacial score (nSPS) is 15.1. The van der Waals surface area contributed by atoms with Gasteiger partial charge in [0.05, 0.1) is 35.1 Å². The fourth-order valence-corrected chi connectivity index (χ4v) is 5.34. The third kappa shape index (κ3) is 5.39. The standard InChI is InChI=1S/C28H27ClN2O6S/c1-5-12-37-21-11-8-17(14-22(21)35-6-2)25-24(27(34)36-7-3)16(4)30-28-31(25)26(33)23(38-28)15-18-13-19(29)9-10-20(18)32/h5,8-11,13-15,25,32H,1,6-7,12H2,2-4H3/b23-15-/t25-/m1/s1. The summed E-state index contributed by atoms with van der Waals surface area (Å²) in [5.41, 5.74) is 1.32. The summed E-state index contributed by atoms with van der Waals surface area (Å²) in [6.07, 6.45) is 3.19. The van der Waals surface area contributed by atoms with Gasteiger partial charge in [-0.15, -0.1) is 0 Å². The Labute approximate surface area is 228 Å². The summed E-state index contributed by atoms with van der Waals surface area (Å²) in [4.78, 5) is 31.9. The van der Waals surface area contributed by atoms with Crippen molar-refractivity contribution in [2.75, 3.05) is 19.8 Å². The Kier molecular flexibility index (Phi) is 8.38. The first kappa shape index (κ1) is 27.2. The summed E-state index contributed by atoms with van der Waals surface area (Å²) >= 11 is 7.25. The summed E-state index contributed by atoms with van der Waals surface area (Å²) in [5.74, 6) is 0.399. The van der Waals surface area contributed by atoms with E-state index in [2.05, 4.69) is 11.6 Å². The van der Waals surface area contributed by atoms with Crippen molar-refractivity contribution in [2.45, 2.75) is 26.8 Å². The molecule has 198 valence electrons. The molecule has 0 bridgehead atoms. The van der Waals surface area contributed by atoms with Crippen LogP contribution in [0, 0.1) is 0 Å². The number of esters is 1. The van der Waals surface area contributed by atoms with Crippen LogP contribution < -0.4 is 24.4 Å². The zero-order chi connectivity index (χ0) is 27.4. The van der Waals surface area contributed by atoms with Gasteiger partial charge in [-0.3, -0.25) is 9.36 Å². The number of fused-ring (bicyclic) bond motifs is 1. The summed E-state index contributed by atoms with van der Waals surface area (Å²) in [6, 6.07) is 9.03. The molecule has 1 atom stereocenters. The highest BCUT2D eigenvalue weighted by molar-refractivity contribution is 7.07. The first-order valence-electron chi connectivity index (χ1n) is 12.0. The number of carbonyl (C=O) groups excluding carboxylic acids is 1. The molecule has 38 heavy (non-hydrogen) atoms. The van der Waals surface area contributed by atoms with Crippen molar-refractivity contribution in [3.8, 4) is 17.2 Å². The Bertz CT molecular complexity index is 1600. The summed E-state index contributed by atoms with van der Waals surface area (Å²) in [6.45, 7) is 9.81. The molecule has 4 rings (SSSR count). The Hall–Kier alpha value is -3.82. The zero-order valence-electron chi connectivity index (χ0n) is 21.2. The molecular formula is C28H27ClN2O6S. The van der Waals surface area contributed by atoms with E-state index >= 15 is 0 Å². The topological polar surface area (TPSA) is 99.4 Å². The second-order valence-corrected chi connectivity index (χ2v) is 9.69. The fourth-order valence-electron chi connectivity index (χ4n) is 4.12. The van der Waals surface area contributed by atoms with Crippen LogP contribution in [-0.4, -0.2) is 35.5 Å². The number of nitrogens with zero attached hydrogens (tertiary/aromatic N) is 2. The lowest BCUT2D eigenvalue weighted by molar-refractivity contribution is -0.139. The van der Waals surface area contributed by atoms with E-state index in [1.807, 2.05) is 6.92 Å². The first-order valence-corrected chi connectivity index (χ1v) is 13.2. The number of phenolic OH excluding ortho intramolecular Hbond substituents is 1. The number of allylic oxidation sites excluding steroid dienone is 1. The number of rotatable bonds is 9. The molecule has 2 heterocycles. The van der Waals surface area contributed by atoms with Crippen LogP contribution in [0.5, 0.6) is 17.2 Å². The quantitative estimate of drug-likeness (QED) is 0.315. The van der Waals surface area contributed by atoms with Crippen molar-refractivity contribution in [1.29, 1.82) is 0 Å². The predicted molar refractivity (Wildman–Crippen MR) is 147 cm³/mol. The fraction of sp³-hybridized carbons (Fsp3) is 0.250. The van der Waals surface area contributed by atoms with Gasteiger partial charge in [0.15, 0.2) is 16.3 Å². The number of carbonyl (C=O) groups is 1. The maximum absolute atomic E-state index is 13.8. The van der Waals surface area contributed by atoms with Crippen LogP contribution in [-0.2, 0) is 9.53 Å². The molecule has 0 spiro atoms. The van der Waals surface area contributed by atoms with Crippen molar-refractivity contribution in [2.24, 2.45) is 4.99 Å². The second-order valence-electron chi connectivity index (χ2n) is 8.24. The van der Waals surface area contributed by atoms with E-state index in [-0.39, 0.29) is 23.5 Å². The Morgan fingerprint density at radius 1 is 1.18 bits per heavy atom. The van der Waals surface area contributed by atoms with Gasteiger partial charge in [0.25, 0.3) is 5.56 Å². The molecule has 8 nitrogen and oxygen atoms in total. The average molecular weight is 555 g/mol. The molecule has 0 saturated heterocycles. The van der Waals surface area contributed by atoms with Crippen LogP contribution in [0.4, 0.5) is 0 Å². The molecule has 0 amide bonds. The van der Waals surface area contributed by atoms with E-state index in [4.69, 9.17) is 25.8 Å². The lowest BCUT2D eigenvalue weighted by Gasteiger charge is -2.25. The molecule has 0 fully saturated rings. The highest BCUT2D eigenvalue weighted by atomic mass is 35.5. The maximum atomic E-state index is 13.8. The van der Waals surface area contributed by atoms with Gasteiger partial charge >= 0.3 is 5.97 Å².